The van der Waals surface area contributed by atoms with Crippen LogP contribution in [0.5, 0.6) is 0 Å². The van der Waals surface area contributed by atoms with E-state index in [2.05, 4.69) is 34.1 Å². The lowest BCUT2D eigenvalue weighted by Crippen LogP contribution is -2.29. The number of nitrogens with two attached hydrogens (primary N) is 1. The van der Waals surface area contributed by atoms with E-state index in [0.717, 1.165) is 0 Å². The highest BCUT2D eigenvalue weighted by Crippen LogP contribution is 2.37. The van der Waals surface area contributed by atoms with Gasteiger partial charge in [0.2, 0.25) is 11.9 Å². The zero-order valence-corrected chi connectivity index (χ0v) is 11.0. The van der Waals surface area contributed by atoms with Crippen molar-refractivity contribution >= 4 is 11.9 Å². The van der Waals surface area contributed by atoms with Gasteiger partial charge < -0.3 is 11.1 Å². The number of nitrogens with zero attached hydrogens (tertiary/aromatic N) is 3. The summed E-state index contributed by atoms with van der Waals surface area (Å²) in [5.41, 5.74) is 5.57. The number of nitrogens with one attached hydrogen (secondary N) is 1. The minimum Gasteiger partial charge on any atom is -0.368 e. The van der Waals surface area contributed by atoms with Gasteiger partial charge in [-0.25, -0.2) is 4.39 Å². The molecule has 0 radical (unpaired) electrons. The highest BCUT2D eigenvalue weighted by molar-refractivity contribution is 5.33. The summed E-state index contributed by atoms with van der Waals surface area (Å²) in [6.45, 7) is 5.69. The van der Waals surface area contributed by atoms with Gasteiger partial charge in [-0.2, -0.15) is 15.0 Å². The number of hydrogen-bond acceptors (Lipinski definition) is 5. The summed E-state index contributed by atoms with van der Waals surface area (Å²) in [6.07, 6.45) is 1.21. The standard InChI is InChI=1S/C12H20FN5/c1-6(2)9(8-4-5-8)15-12-17-10(7(3)13)16-11(14)18-12/h6-9H,4-5H2,1-3H3,(H3,14,15,16,17,18)/t7-,9+/m1/s1. The topological polar surface area (TPSA) is 76.7 Å². The molecule has 0 bridgehead atoms. The number of rotatable bonds is 5. The summed E-state index contributed by atoms with van der Waals surface area (Å²) in [4.78, 5) is 11.9. The Morgan fingerprint density at radius 1 is 1.22 bits per heavy atom. The molecule has 1 heterocycles. The highest BCUT2D eigenvalue weighted by atomic mass is 19.1. The maximum Gasteiger partial charge on any atom is 0.228 e. The minimum atomic E-state index is -1.24. The Morgan fingerprint density at radius 3 is 2.39 bits per heavy atom. The first kappa shape index (κ1) is 13.0. The van der Waals surface area contributed by atoms with Crippen LogP contribution in [0, 0.1) is 11.8 Å². The second-order valence-corrected chi connectivity index (χ2v) is 5.24. The van der Waals surface area contributed by atoms with E-state index in [4.69, 9.17) is 5.73 Å². The molecule has 18 heavy (non-hydrogen) atoms. The third-order valence-electron chi connectivity index (χ3n) is 3.17. The van der Waals surface area contributed by atoms with E-state index >= 15 is 0 Å². The molecular weight excluding hydrogens is 233 g/mol. The third-order valence-corrected chi connectivity index (χ3v) is 3.17. The summed E-state index contributed by atoms with van der Waals surface area (Å²) in [6, 6.07) is 0.314. The van der Waals surface area contributed by atoms with Gasteiger partial charge in [-0.05, 0) is 31.6 Å². The van der Waals surface area contributed by atoms with E-state index in [1.807, 2.05) is 0 Å². The van der Waals surface area contributed by atoms with E-state index in [1.165, 1.54) is 19.8 Å². The summed E-state index contributed by atoms with van der Waals surface area (Å²) in [5, 5.41) is 3.27. The van der Waals surface area contributed by atoms with Gasteiger partial charge >= 0.3 is 0 Å². The average molecular weight is 253 g/mol. The largest absolute Gasteiger partial charge is 0.368 e. The Kier molecular flexibility index (Phi) is 3.63. The molecule has 0 aromatic carbocycles. The zero-order valence-electron chi connectivity index (χ0n) is 11.0. The molecule has 2 atom stereocenters. The van der Waals surface area contributed by atoms with Gasteiger partial charge in [-0.1, -0.05) is 13.8 Å². The molecule has 1 aromatic heterocycles. The lowest BCUT2D eigenvalue weighted by molar-refractivity contribution is 0.356. The molecule has 1 aliphatic carbocycles. The van der Waals surface area contributed by atoms with Crippen LogP contribution in [0.4, 0.5) is 16.3 Å². The second-order valence-electron chi connectivity index (χ2n) is 5.24. The summed E-state index contributed by atoms with van der Waals surface area (Å²) < 4.78 is 13.2. The van der Waals surface area contributed by atoms with Crippen molar-refractivity contribution in [1.82, 2.24) is 15.0 Å². The van der Waals surface area contributed by atoms with Gasteiger partial charge in [-0.3, -0.25) is 0 Å². The van der Waals surface area contributed by atoms with Gasteiger partial charge in [-0.15, -0.1) is 0 Å². The van der Waals surface area contributed by atoms with Crippen LogP contribution in [-0.2, 0) is 0 Å². The lowest BCUT2D eigenvalue weighted by atomic mass is 10.00. The Morgan fingerprint density at radius 2 is 1.89 bits per heavy atom. The molecule has 5 nitrogen and oxygen atoms in total. The molecule has 0 amide bonds. The molecule has 2 rings (SSSR count). The van der Waals surface area contributed by atoms with Crippen molar-refractivity contribution in [3.05, 3.63) is 5.82 Å². The van der Waals surface area contributed by atoms with Crippen LogP contribution < -0.4 is 11.1 Å². The predicted molar refractivity (Wildman–Crippen MR) is 68.7 cm³/mol. The van der Waals surface area contributed by atoms with Crippen molar-refractivity contribution in [1.29, 1.82) is 0 Å². The van der Waals surface area contributed by atoms with Crippen molar-refractivity contribution in [2.45, 2.75) is 45.8 Å². The normalized spacial score (nSPS) is 18.7. The Balaban J connectivity index is 2.16. The van der Waals surface area contributed by atoms with Gasteiger partial charge in [0.05, 0.1) is 0 Å². The molecule has 100 valence electrons. The summed E-state index contributed by atoms with van der Waals surface area (Å²) in [7, 11) is 0. The molecule has 6 heteroatoms. The first-order valence-corrected chi connectivity index (χ1v) is 6.39. The first-order valence-electron chi connectivity index (χ1n) is 6.39. The van der Waals surface area contributed by atoms with Crippen LogP contribution in [-0.4, -0.2) is 21.0 Å². The molecular formula is C12H20FN5. The van der Waals surface area contributed by atoms with Crippen LogP contribution in [0.2, 0.25) is 0 Å². The highest BCUT2D eigenvalue weighted by Gasteiger charge is 2.33. The summed E-state index contributed by atoms with van der Waals surface area (Å²) in [5.74, 6) is 1.66. The van der Waals surface area contributed by atoms with Crippen LogP contribution in [0.25, 0.3) is 0 Å². The van der Waals surface area contributed by atoms with Crippen molar-refractivity contribution in [2.24, 2.45) is 11.8 Å². The molecule has 1 aromatic rings. The van der Waals surface area contributed by atoms with Crippen molar-refractivity contribution in [3.8, 4) is 0 Å². The van der Waals surface area contributed by atoms with E-state index in [1.54, 1.807) is 0 Å². The SMILES string of the molecule is CC(C)[C@H](Nc1nc(N)nc([C@@H](C)F)n1)C1CC1. The Hall–Kier alpha value is -1.46. The molecule has 0 spiro atoms. The quantitative estimate of drug-likeness (QED) is 0.842. The van der Waals surface area contributed by atoms with E-state index in [-0.39, 0.29) is 11.8 Å². The zero-order chi connectivity index (χ0) is 13.3. The molecule has 1 aliphatic rings. The smallest absolute Gasteiger partial charge is 0.228 e. The van der Waals surface area contributed by atoms with E-state index in [9.17, 15) is 4.39 Å². The number of nitrogen functional groups attached to an aromatic ring is 1. The third kappa shape index (κ3) is 3.05. The molecule has 0 saturated heterocycles. The molecule has 3 N–H and O–H groups in total. The molecule has 0 aliphatic heterocycles. The fourth-order valence-electron chi connectivity index (χ4n) is 2.09. The minimum absolute atomic E-state index is 0.0605. The predicted octanol–water partition coefficient (Wildman–Crippen LogP) is 2.33. The first-order chi connectivity index (χ1) is 8.47. The van der Waals surface area contributed by atoms with Crippen LogP contribution in [0.15, 0.2) is 0 Å². The number of anilines is 2. The van der Waals surface area contributed by atoms with Gasteiger partial charge in [0.15, 0.2) is 12.0 Å². The number of halogens is 1. The second kappa shape index (κ2) is 5.04. The van der Waals surface area contributed by atoms with Gasteiger partial charge in [0.1, 0.15) is 0 Å². The Bertz CT molecular complexity index is 415. The monoisotopic (exact) mass is 253 g/mol. The van der Waals surface area contributed by atoms with E-state index < -0.39 is 6.17 Å². The van der Waals surface area contributed by atoms with Gasteiger partial charge in [0, 0.05) is 6.04 Å². The Labute approximate surface area is 106 Å². The van der Waals surface area contributed by atoms with Crippen LogP contribution in [0.1, 0.15) is 45.6 Å². The van der Waals surface area contributed by atoms with E-state index in [0.29, 0.717) is 23.8 Å². The fourth-order valence-corrected chi connectivity index (χ4v) is 2.09. The lowest BCUT2D eigenvalue weighted by Gasteiger charge is -2.22. The van der Waals surface area contributed by atoms with Crippen molar-refractivity contribution < 1.29 is 4.39 Å². The maximum atomic E-state index is 13.2. The van der Waals surface area contributed by atoms with Crippen molar-refractivity contribution in [2.75, 3.05) is 11.1 Å². The maximum absolute atomic E-state index is 13.2. The van der Waals surface area contributed by atoms with Crippen molar-refractivity contribution in [3.63, 3.8) is 0 Å². The van der Waals surface area contributed by atoms with Crippen LogP contribution >= 0.6 is 0 Å². The molecule has 0 unspecified atom stereocenters. The molecule has 1 saturated carbocycles. The number of hydrogen-bond donors (Lipinski definition) is 2. The summed E-state index contributed by atoms with van der Waals surface area (Å²) >= 11 is 0. The molecule has 1 fully saturated rings. The number of alkyl halides is 1. The fraction of sp³-hybridized carbons (Fsp3) is 0.750. The van der Waals surface area contributed by atoms with Crippen LogP contribution in [0.3, 0.4) is 0 Å². The number of aromatic nitrogens is 3. The van der Waals surface area contributed by atoms with Gasteiger partial charge in [0.25, 0.3) is 0 Å². The average Bonchev–Trinajstić information content (AvgIpc) is 3.08.